The highest BCUT2D eigenvalue weighted by Gasteiger charge is 2.21. The van der Waals surface area contributed by atoms with Gasteiger partial charge >= 0.3 is 11.9 Å². The lowest BCUT2D eigenvalue weighted by Gasteiger charge is -2.15. The lowest BCUT2D eigenvalue weighted by atomic mass is 10.1. The first-order valence-electron chi connectivity index (χ1n) is 9.63. The molecule has 0 amide bonds. The quantitative estimate of drug-likeness (QED) is 0.348. The molecule has 30 heavy (non-hydrogen) atoms. The molecule has 0 aliphatic rings. The number of nitrogens with zero attached hydrogens (tertiary/aromatic N) is 1. The van der Waals surface area contributed by atoms with Crippen molar-refractivity contribution in [2.24, 2.45) is 16.8 Å². The van der Waals surface area contributed by atoms with Gasteiger partial charge in [0.2, 0.25) is 0 Å². The van der Waals surface area contributed by atoms with Gasteiger partial charge in [0, 0.05) is 16.3 Å². The minimum atomic E-state index is -0.920. The van der Waals surface area contributed by atoms with Crippen LogP contribution in [-0.4, -0.2) is 29.5 Å². The molecule has 0 spiro atoms. The molecule has 0 fully saturated rings. The van der Waals surface area contributed by atoms with Crippen LogP contribution in [0.4, 0.5) is 0 Å². The average Bonchev–Trinajstić information content (AvgIpc) is 2.67. The van der Waals surface area contributed by atoms with E-state index in [0.717, 1.165) is 5.56 Å². The van der Waals surface area contributed by atoms with E-state index in [1.165, 1.54) is 6.21 Å². The predicted octanol–water partition coefficient (Wildman–Crippen LogP) is 4.93. The Bertz CT molecular complexity index is 953. The fraction of sp³-hybridized carbons (Fsp3) is 0.348. The Morgan fingerprint density at radius 2 is 1.80 bits per heavy atom. The lowest BCUT2D eigenvalue weighted by molar-refractivity contribution is -0.137. The van der Waals surface area contributed by atoms with Gasteiger partial charge in [-0.3, -0.25) is 9.79 Å². The van der Waals surface area contributed by atoms with Gasteiger partial charge in [-0.1, -0.05) is 61.3 Å². The first kappa shape index (κ1) is 23.8. The van der Waals surface area contributed by atoms with Crippen molar-refractivity contribution in [1.29, 1.82) is 0 Å². The molecule has 0 aliphatic heterocycles. The van der Waals surface area contributed by atoms with Gasteiger partial charge in [-0.05, 0) is 37.1 Å². The van der Waals surface area contributed by atoms with Crippen molar-refractivity contribution >= 4 is 34.1 Å². The fourth-order valence-corrected chi connectivity index (χ4v) is 2.80. The number of hydrogen-bond donors (Lipinski definition) is 1. The zero-order valence-corrected chi connectivity index (χ0v) is 19.3. The molecule has 0 radical (unpaired) electrons. The molecule has 1 unspecified atom stereocenters. The number of benzene rings is 2. The van der Waals surface area contributed by atoms with E-state index in [2.05, 4.69) is 20.9 Å². The summed E-state index contributed by atoms with van der Waals surface area (Å²) in [5, 5.41) is 10.0. The number of hydrogen-bond acceptors (Lipinski definition) is 6. The molecule has 0 heterocycles. The van der Waals surface area contributed by atoms with Crippen LogP contribution < -0.4 is 9.47 Å². The topological polar surface area (TPSA) is 85.2 Å². The normalized spacial score (nSPS) is 12.4. The lowest BCUT2D eigenvalue weighted by Crippen LogP contribution is -2.18. The van der Waals surface area contributed by atoms with Crippen LogP contribution in [0.15, 0.2) is 45.9 Å². The van der Waals surface area contributed by atoms with Crippen LogP contribution in [0.25, 0.3) is 0 Å². The van der Waals surface area contributed by atoms with Crippen molar-refractivity contribution in [3.05, 3.63) is 57.6 Å². The molecule has 0 aliphatic carbocycles. The monoisotopic (exact) mass is 475 g/mol. The standard InChI is InChI=1S/C23H26BrNO5/c1-13(2)21(26)25-12-17-10-18(24)11-19(20(17)30-22(27)14(3)4)29-23(28)16-8-6-7-15(5)9-16/h6-14,21,26H,1-5H3. The van der Waals surface area contributed by atoms with Crippen molar-refractivity contribution in [2.45, 2.75) is 40.8 Å². The predicted molar refractivity (Wildman–Crippen MR) is 119 cm³/mol. The largest absolute Gasteiger partial charge is 0.422 e. The maximum Gasteiger partial charge on any atom is 0.343 e. The maximum atomic E-state index is 12.7. The zero-order valence-electron chi connectivity index (χ0n) is 17.7. The van der Waals surface area contributed by atoms with Crippen LogP contribution in [0, 0.1) is 18.8 Å². The third-order valence-electron chi connectivity index (χ3n) is 4.14. The second kappa shape index (κ2) is 10.5. The highest BCUT2D eigenvalue weighted by molar-refractivity contribution is 9.10. The van der Waals surface area contributed by atoms with E-state index < -0.39 is 18.2 Å². The summed E-state index contributed by atoms with van der Waals surface area (Å²) in [7, 11) is 0. The minimum absolute atomic E-state index is 0.0672. The van der Waals surface area contributed by atoms with Gasteiger partial charge in [-0.2, -0.15) is 0 Å². The molecule has 2 aromatic rings. The Balaban J connectivity index is 2.48. The smallest absolute Gasteiger partial charge is 0.343 e. The minimum Gasteiger partial charge on any atom is -0.422 e. The number of esters is 2. The summed E-state index contributed by atoms with van der Waals surface area (Å²) in [6.45, 7) is 8.95. The molecule has 1 N–H and O–H groups in total. The van der Waals surface area contributed by atoms with Crippen LogP contribution in [0.3, 0.4) is 0 Å². The van der Waals surface area contributed by atoms with Gasteiger partial charge in [-0.15, -0.1) is 0 Å². The number of rotatable bonds is 7. The molecular formula is C23H26BrNO5. The molecule has 2 rings (SSSR count). The van der Waals surface area contributed by atoms with Crippen molar-refractivity contribution in [1.82, 2.24) is 0 Å². The maximum absolute atomic E-state index is 12.7. The Labute approximate surface area is 185 Å². The molecule has 0 aromatic heterocycles. The molecule has 2 aromatic carbocycles. The summed E-state index contributed by atoms with van der Waals surface area (Å²) in [4.78, 5) is 29.1. The van der Waals surface area contributed by atoms with E-state index in [-0.39, 0.29) is 23.3 Å². The molecule has 0 bridgehead atoms. The Hall–Kier alpha value is -2.51. The van der Waals surface area contributed by atoms with E-state index in [1.54, 1.807) is 44.2 Å². The summed E-state index contributed by atoms with van der Waals surface area (Å²) in [6.07, 6.45) is 0.485. The first-order chi connectivity index (χ1) is 14.1. The fourth-order valence-electron chi connectivity index (χ4n) is 2.35. The summed E-state index contributed by atoms with van der Waals surface area (Å²) in [6, 6.07) is 10.2. The third-order valence-corrected chi connectivity index (χ3v) is 4.60. The number of carbonyl (C=O) groups excluding carboxylic acids is 2. The number of halogens is 1. The van der Waals surface area contributed by atoms with Gasteiger partial charge in [-0.25, -0.2) is 4.79 Å². The first-order valence-corrected chi connectivity index (χ1v) is 10.4. The number of ether oxygens (including phenoxy) is 2. The van der Waals surface area contributed by atoms with Crippen molar-refractivity contribution in [3.63, 3.8) is 0 Å². The Kier molecular flexibility index (Phi) is 8.32. The second-order valence-electron chi connectivity index (χ2n) is 7.59. The van der Waals surface area contributed by atoms with E-state index in [4.69, 9.17) is 9.47 Å². The third kappa shape index (κ3) is 6.50. The summed E-state index contributed by atoms with van der Waals surface area (Å²) in [5.74, 6) is -1.40. The molecular weight excluding hydrogens is 450 g/mol. The van der Waals surface area contributed by atoms with Crippen molar-refractivity contribution in [2.75, 3.05) is 0 Å². The molecule has 1 atom stereocenters. The molecule has 7 heteroatoms. The summed E-state index contributed by atoms with van der Waals surface area (Å²) < 4.78 is 11.7. The summed E-state index contributed by atoms with van der Waals surface area (Å²) in [5.41, 5.74) is 1.69. The van der Waals surface area contributed by atoms with Crippen LogP contribution in [0.5, 0.6) is 11.5 Å². The van der Waals surface area contributed by atoms with E-state index in [1.807, 2.05) is 26.8 Å². The van der Waals surface area contributed by atoms with Crippen molar-refractivity contribution in [3.8, 4) is 11.5 Å². The molecule has 0 saturated carbocycles. The summed E-state index contributed by atoms with van der Waals surface area (Å²) >= 11 is 3.38. The molecule has 6 nitrogen and oxygen atoms in total. The van der Waals surface area contributed by atoms with Gasteiger partial charge in [0.1, 0.15) is 6.23 Å². The van der Waals surface area contributed by atoms with Crippen LogP contribution >= 0.6 is 15.9 Å². The zero-order chi connectivity index (χ0) is 22.4. The number of aryl methyl sites for hydroxylation is 1. The van der Waals surface area contributed by atoms with Crippen molar-refractivity contribution < 1.29 is 24.2 Å². The van der Waals surface area contributed by atoms with Crippen LogP contribution in [0.2, 0.25) is 0 Å². The number of aliphatic hydroxyl groups excluding tert-OH is 1. The number of aliphatic hydroxyl groups is 1. The Morgan fingerprint density at radius 1 is 1.10 bits per heavy atom. The average molecular weight is 476 g/mol. The van der Waals surface area contributed by atoms with Crippen LogP contribution in [-0.2, 0) is 4.79 Å². The van der Waals surface area contributed by atoms with Crippen LogP contribution in [0.1, 0.15) is 49.2 Å². The van der Waals surface area contributed by atoms with Gasteiger partial charge in [0.05, 0.1) is 11.5 Å². The van der Waals surface area contributed by atoms with Gasteiger partial charge in [0.25, 0.3) is 0 Å². The highest BCUT2D eigenvalue weighted by Crippen LogP contribution is 2.35. The van der Waals surface area contributed by atoms with E-state index >= 15 is 0 Å². The molecule has 160 valence electrons. The van der Waals surface area contributed by atoms with E-state index in [9.17, 15) is 14.7 Å². The highest BCUT2D eigenvalue weighted by atomic mass is 79.9. The molecule has 0 saturated heterocycles. The van der Waals surface area contributed by atoms with Gasteiger partial charge in [0.15, 0.2) is 11.5 Å². The van der Waals surface area contributed by atoms with Gasteiger partial charge < -0.3 is 14.6 Å². The second-order valence-corrected chi connectivity index (χ2v) is 8.51. The number of carbonyl (C=O) groups is 2. The Morgan fingerprint density at radius 3 is 2.40 bits per heavy atom. The SMILES string of the molecule is Cc1cccc(C(=O)Oc2cc(Br)cc(C=NC(O)C(C)C)c2OC(=O)C(C)C)c1. The van der Waals surface area contributed by atoms with E-state index in [0.29, 0.717) is 15.6 Å². The number of aliphatic imine (C=N–C) groups is 1.